The van der Waals surface area contributed by atoms with E-state index in [4.69, 9.17) is 0 Å². The van der Waals surface area contributed by atoms with E-state index < -0.39 is 48.0 Å². The van der Waals surface area contributed by atoms with Gasteiger partial charge in [0.25, 0.3) is 0 Å². The quantitative estimate of drug-likeness (QED) is 0.382. The minimum absolute atomic E-state index is 0.612. The molecule has 13 heteroatoms. The topological polar surface area (TPSA) is 26.3 Å². The van der Waals surface area contributed by atoms with Crippen molar-refractivity contribution in [1.29, 1.82) is 0 Å². The maximum Gasteiger partial charge on any atom is 0.473 e. The third-order valence-electron chi connectivity index (χ3n) is 2.35. The van der Waals surface area contributed by atoms with Crippen LogP contribution in [0.1, 0.15) is 6.92 Å². The van der Waals surface area contributed by atoms with Crippen LogP contribution in [0.3, 0.4) is 0 Å². The molecule has 0 N–H and O–H groups in total. The second-order valence-electron chi connectivity index (χ2n) is 4.25. The average molecular weight is 368 g/mol. The first-order chi connectivity index (χ1) is 9.89. The summed E-state index contributed by atoms with van der Waals surface area (Å²) in [6.45, 7) is -0.301. The Morgan fingerprint density at radius 2 is 1.26 bits per heavy atom. The fourth-order valence-electron chi connectivity index (χ4n) is 0.961. The molecule has 0 aromatic carbocycles. The van der Waals surface area contributed by atoms with E-state index in [1.54, 1.807) is 0 Å². The zero-order chi connectivity index (χ0) is 19.1. The lowest BCUT2D eigenvalue weighted by atomic mass is 9.98. The Labute approximate surface area is 120 Å². The summed E-state index contributed by atoms with van der Waals surface area (Å²) in [5.74, 6) is -30.8. The summed E-state index contributed by atoms with van der Waals surface area (Å²) in [5, 5.41) is 0. The average Bonchev–Trinajstić information content (AvgIpc) is 2.36. The molecule has 0 rings (SSSR count). The summed E-state index contributed by atoms with van der Waals surface area (Å²) in [5.41, 5.74) is -1.01. The molecule has 0 aliphatic rings. The molecule has 0 aromatic heterocycles. The van der Waals surface area contributed by atoms with Crippen molar-refractivity contribution < 1.29 is 57.8 Å². The summed E-state index contributed by atoms with van der Waals surface area (Å²) in [7, 11) is 0. The molecular formula is C10H7F11O2. The number of ether oxygens (including phenoxy) is 1. The van der Waals surface area contributed by atoms with Crippen LogP contribution in [0, 0.1) is 0 Å². The molecule has 0 atom stereocenters. The van der Waals surface area contributed by atoms with Gasteiger partial charge in [0.15, 0.2) is 6.67 Å². The van der Waals surface area contributed by atoms with Gasteiger partial charge in [-0.25, -0.2) is 9.18 Å². The van der Waals surface area contributed by atoms with Gasteiger partial charge in [-0.15, -0.1) is 0 Å². The normalized spacial score (nSPS) is 14.6. The highest BCUT2D eigenvalue weighted by Gasteiger charge is 2.87. The van der Waals surface area contributed by atoms with E-state index >= 15 is 0 Å². The van der Waals surface area contributed by atoms with Gasteiger partial charge in [0.05, 0.1) is 0 Å². The van der Waals surface area contributed by atoms with Crippen LogP contribution < -0.4 is 0 Å². The minimum Gasteiger partial charge on any atom is -0.393 e. The molecule has 0 heterocycles. The highest BCUT2D eigenvalue weighted by atomic mass is 19.4. The lowest BCUT2D eigenvalue weighted by Gasteiger charge is -2.37. The van der Waals surface area contributed by atoms with Gasteiger partial charge in [0.2, 0.25) is 0 Å². The first kappa shape index (κ1) is 21.4. The Morgan fingerprint density at radius 3 is 1.57 bits per heavy atom. The standard InChI is InChI=1S/C10H7F11O2/c1-4(2)5(22)23-10(20,21)9(18,19)8(16,17)7(14,15)6(12,13)3-11/h1,3H2,2H3. The van der Waals surface area contributed by atoms with Crippen molar-refractivity contribution in [2.24, 2.45) is 0 Å². The maximum atomic E-state index is 13.0. The van der Waals surface area contributed by atoms with Gasteiger partial charge < -0.3 is 4.74 Å². The number of halogens is 11. The Kier molecular flexibility index (Phi) is 5.42. The molecule has 2 nitrogen and oxygen atoms in total. The first-order valence-corrected chi connectivity index (χ1v) is 5.23. The predicted octanol–water partition coefficient (Wildman–Crippen LogP) is 4.21. The number of rotatable bonds is 7. The van der Waals surface area contributed by atoms with E-state index in [0.717, 1.165) is 0 Å². The molecule has 0 aliphatic carbocycles. The van der Waals surface area contributed by atoms with Gasteiger partial charge in [-0.05, 0) is 6.92 Å². The molecule has 0 saturated heterocycles. The molecule has 0 spiro atoms. The van der Waals surface area contributed by atoms with Crippen LogP contribution in [-0.4, -0.2) is 42.4 Å². The van der Waals surface area contributed by atoms with E-state index in [-0.39, 0.29) is 0 Å². The molecule has 0 aromatic rings. The van der Waals surface area contributed by atoms with Crippen molar-refractivity contribution in [3.05, 3.63) is 12.2 Å². The summed E-state index contributed by atoms with van der Waals surface area (Å²) in [4.78, 5) is 10.7. The van der Waals surface area contributed by atoms with Crippen molar-refractivity contribution in [3.8, 4) is 0 Å². The number of carbonyl (C=O) groups is 1. The Morgan fingerprint density at radius 1 is 0.870 bits per heavy atom. The van der Waals surface area contributed by atoms with Crippen LogP contribution in [-0.2, 0) is 9.53 Å². The van der Waals surface area contributed by atoms with Crippen LogP contribution in [0.5, 0.6) is 0 Å². The van der Waals surface area contributed by atoms with Gasteiger partial charge in [-0.3, -0.25) is 0 Å². The number of esters is 1. The van der Waals surface area contributed by atoms with Gasteiger partial charge >= 0.3 is 35.8 Å². The van der Waals surface area contributed by atoms with Crippen molar-refractivity contribution in [3.63, 3.8) is 0 Å². The molecule has 23 heavy (non-hydrogen) atoms. The Bertz CT molecular complexity index is 483. The molecule has 0 radical (unpaired) electrons. The zero-order valence-corrected chi connectivity index (χ0v) is 10.9. The molecular weight excluding hydrogens is 361 g/mol. The summed E-state index contributed by atoms with van der Waals surface area (Å²) >= 11 is 0. The van der Waals surface area contributed by atoms with Crippen molar-refractivity contribution >= 4 is 5.97 Å². The molecule has 136 valence electrons. The minimum atomic E-state index is -7.48. The monoisotopic (exact) mass is 368 g/mol. The van der Waals surface area contributed by atoms with Crippen LogP contribution >= 0.6 is 0 Å². The van der Waals surface area contributed by atoms with Crippen LogP contribution in [0.25, 0.3) is 0 Å². The van der Waals surface area contributed by atoms with E-state index in [1.165, 1.54) is 0 Å². The highest BCUT2D eigenvalue weighted by molar-refractivity contribution is 5.87. The van der Waals surface area contributed by atoms with Gasteiger partial charge in [-0.2, -0.15) is 43.9 Å². The largest absolute Gasteiger partial charge is 0.473 e. The van der Waals surface area contributed by atoms with Crippen molar-refractivity contribution in [2.75, 3.05) is 6.67 Å². The fourth-order valence-corrected chi connectivity index (χ4v) is 0.961. The van der Waals surface area contributed by atoms with E-state index in [0.29, 0.717) is 6.92 Å². The fraction of sp³-hybridized carbons (Fsp3) is 0.700. The number of carbonyl (C=O) groups excluding carboxylic acids is 1. The summed E-state index contributed by atoms with van der Waals surface area (Å²) in [6, 6.07) is 0. The number of alkyl halides is 11. The number of hydrogen-bond acceptors (Lipinski definition) is 2. The summed E-state index contributed by atoms with van der Waals surface area (Å²) < 4.78 is 143. The van der Waals surface area contributed by atoms with Crippen molar-refractivity contribution in [2.45, 2.75) is 36.7 Å². The Hall–Kier alpha value is -1.56. The van der Waals surface area contributed by atoms with Crippen LogP contribution in [0.15, 0.2) is 12.2 Å². The molecule has 0 fully saturated rings. The van der Waals surface area contributed by atoms with E-state index in [2.05, 4.69) is 11.3 Å². The molecule has 0 saturated carbocycles. The molecule has 0 aliphatic heterocycles. The lowest BCUT2D eigenvalue weighted by molar-refractivity contribution is -0.437. The second kappa shape index (κ2) is 5.82. The number of hydrogen-bond donors (Lipinski definition) is 0. The van der Waals surface area contributed by atoms with E-state index in [9.17, 15) is 53.1 Å². The molecule has 0 amide bonds. The lowest BCUT2D eigenvalue weighted by Crippen LogP contribution is -2.68. The Balaban J connectivity index is 5.96. The molecule has 0 unspecified atom stereocenters. The predicted molar refractivity (Wildman–Crippen MR) is 51.6 cm³/mol. The third kappa shape index (κ3) is 3.22. The van der Waals surface area contributed by atoms with Gasteiger partial charge in [-0.1, -0.05) is 6.58 Å². The molecule has 0 bridgehead atoms. The van der Waals surface area contributed by atoms with Crippen molar-refractivity contribution in [1.82, 2.24) is 0 Å². The van der Waals surface area contributed by atoms with Gasteiger partial charge in [0.1, 0.15) is 0 Å². The van der Waals surface area contributed by atoms with Gasteiger partial charge in [0, 0.05) is 5.57 Å². The van der Waals surface area contributed by atoms with E-state index in [1.807, 2.05) is 0 Å². The third-order valence-corrected chi connectivity index (χ3v) is 2.35. The highest BCUT2D eigenvalue weighted by Crippen LogP contribution is 2.57. The SMILES string of the molecule is C=C(C)C(=O)OC(F)(F)C(F)(F)C(F)(F)C(F)(F)C(F)(F)CF. The van der Waals surface area contributed by atoms with Crippen LogP contribution in [0.4, 0.5) is 48.3 Å². The smallest absolute Gasteiger partial charge is 0.393 e. The summed E-state index contributed by atoms with van der Waals surface area (Å²) in [6.07, 6.45) is -6.62. The first-order valence-electron chi connectivity index (χ1n) is 5.23. The maximum absolute atomic E-state index is 13.0. The second-order valence-corrected chi connectivity index (χ2v) is 4.25. The zero-order valence-electron chi connectivity index (χ0n) is 10.9. The van der Waals surface area contributed by atoms with Crippen LogP contribution in [0.2, 0.25) is 0 Å².